The lowest BCUT2D eigenvalue weighted by atomic mass is 10.0. The minimum Gasteiger partial charge on any atom is -0.388 e. The molecule has 0 aromatic heterocycles. The van der Waals surface area contributed by atoms with Crippen LogP contribution in [0.25, 0.3) is 0 Å². The van der Waals surface area contributed by atoms with Crippen molar-refractivity contribution in [2.75, 3.05) is 39.3 Å². The Morgan fingerprint density at radius 3 is 1.17 bits per heavy atom. The van der Waals surface area contributed by atoms with Gasteiger partial charge in [-0.3, -0.25) is 67.5 Å². The van der Waals surface area contributed by atoms with Gasteiger partial charge in [0.15, 0.2) is 11.1 Å². The van der Waals surface area contributed by atoms with E-state index in [1.165, 1.54) is 14.7 Å². The third-order valence-corrected chi connectivity index (χ3v) is 14.5. The Morgan fingerprint density at radius 1 is 0.543 bits per heavy atom. The van der Waals surface area contributed by atoms with Gasteiger partial charge in [-0.25, -0.2) is 0 Å². The van der Waals surface area contributed by atoms with Gasteiger partial charge in [0, 0.05) is 45.3 Å². The van der Waals surface area contributed by atoms with E-state index in [4.69, 9.17) is 46.6 Å². The second kappa shape index (κ2) is 30.6. The zero-order valence-electron chi connectivity index (χ0n) is 45.5. The van der Waals surface area contributed by atoms with Crippen molar-refractivity contribution in [3.63, 3.8) is 0 Å². The molecule has 20 N–H and O–H groups in total. The monoisotopic (exact) mass is 1160 g/mol. The molecule has 7 aliphatic rings. The van der Waals surface area contributed by atoms with Crippen LogP contribution >= 0.6 is 12.2 Å². The third-order valence-electron chi connectivity index (χ3n) is 14.4. The van der Waals surface area contributed by atoms with Gasteiger partial charge in [0.25, 0.3) is 0 Å². The molecule has 7 rings (SSSR count). The van der Waals surface area contributed by atoms with E-state index in [0.717, 1.165) is 12.8 Å². The molecule has 1 saturated carbocycles. The number of aliphatic imine (C=N–C) groups is 2. The van der Waals surface area contributed by atoms with E-state index < -0.39 is 89.8 Å². The van der Waals surface area contributed by atoms with Crippen LogP contribution in [0.3, 0.4) is 0 Å². The molecular weight excluding hydrogens is 1080 g/mol. The highest BCUT2D eigenvalue weighted by atomic mass is 32.1. The molecule has 32 heteroatoms. The van der Waals surface area contributed by atoms with E-state index >= 15 is 0 Å². The maximum atomic E-state index is 13.0. The number of β-lactam (4-membered cyclic amide) rings is 3. The van der Waals surface area contributed by atoms with E-state index in [-0.39, 0.29) is 59.8 Å². The van der Waals surface area contributed by atoms with Crippen LogP contribution in [0, 0.1) is 0 Å². The summed E-state index contributed by atoms with van der Waals surface area (Å²) in [7, 11) is 0. The molecule has 0 radical (unpaired) electrons. The Labute approximate surface area is 473 Å². The van der Waals surface area contributed by atoms with Crippen molar-refractivity contribution >= 4 is 100 Å². The number of rotatable bonds is 25. The maximum Gasteiger partial charge on any atom is 0.245 e. The fourth-order valence-electron chi connectivity index (χ4n) is 9.76. The first-order valence-electron chi connectivity index (χ1n) is 27.4. The topological polar surface area (TPSA) is 492 Å². The first-order chi connectivity index (χ1) is 38.4. The number of hydrogen-bond donors (Lipinski definition) is 14. The van der Waals surface area contributed by atoms with Crippen molar-refractivity contribution in [1.82, 2.24) is 57.2 Å². The third kappa shape index (κ3) is 19.7. The summed E-state index contributed by atoms with van der Waals surface area (Å²) in [5, 5.41) is 21.5. The average molecular weight is 1160 g/mol. The van der Waals surface area contributed by atoms with Crippen molar-refractivity contribution in [2.45, 2.75) is 176 Å². The first-order valence-corrected chi connectivity index (χ1v) is 27.8. The summed E-state index contributed by atoms with van der Waals surface area (Å²) in [5.74, 6) is -3.67. The summed E-state index contributed by atoms with van der Waals surface area (Å²) in [6.07, 6.45) is 8.74. The lowest BCUT2D eigenvalue weighted by molar-refractivity contribution is -0.142. The molecule has 0 bridgehead atoms. The molecule has 0 unspecified atom stereocenters. The zero-order valence-corrected chi connectivity index (χ0v) is 46.4. The molecule has 6 saturated heterocycles. The fraction of sp³-hybridized carbons (Fsp3) is 0.694. The number of thiocarbonyl (C=S) groups is 1. The van der Waals surface area contributed by atoms with Crippen molar-refractivity contribution in [1.29, 1.82) is 0 Å². The van der Waals surface area contributed by atoms with E-state index in [9.17, 15) is 57.5 Å². The predicted octanol–water partition coefficient (Wildman–Crippen LogP) is -6.87. The molecule has 6 aliphatic heterocycles. The molecule has 448 valence electrons. The summed E-state index contributed by atoms with van der Waals surface area (Å²) >= 11 is 4.73. The molecular formula is C49H79N19O12S. The molecule has 0 spiro atoms. The second-order valence-corrected chi connectivity index (χ2v) is 21.3. The van der Waals surface area contributed by atoms with Gasteiger partial charge in [0.2, 0.25) is 70.9 Å². The molecule has 9 atom stereocenters. The number of primary amides is 3. The zero-order chi connectivity index (χ0) is 59.5. The number of amidine groups is 1. The molecule has 0 aromatic carbocycles. The Balaban J connectivity index is 0.000000224. The summed E-state index contributed by atoms with van der Waals surface area (Å²) in [6.45, 7) is 4.24. The maximum absolute atomic E-state index is 13.0. The van der Waals surface area contributed by atoms with E-state index in [2.05, 4.69) is 52.5 Å². The van der Waals surface area contributed by atoms with Gasteiger partial charge in [-0.15, -0.1) is 0 Å². The molecule has 0 aromatic rings. The van der Waals surface area contributed by atoms with E-state index in [1.807, 2.05) is 0 Å². The minimum atomic E-state index is -0.812. The molecule has 12 amide bonds. The van der Waals surface area contributed by atoms with Crippen LogP contribution in [-0.2, 0) is 57.5 Å². The van der Waals surface area contributed by atoms with Crippen molar-refractivity contribution < 1.29 is 57.5 Å². The van der Waals surface area contributed by atoms with E-state index in [0.29, 0.717) is 134 Å². The number of nitrogens with two attached hydrogens (primary N) is 6. The Kier molecular flexibility index (Phi) is 24.1. The minimum absolute atomic E-state index is 0.101. The van der Waals surface area contributed by atoms with Crippen LogP contribution in [0.5, 0.6) is 0 Å². The number of nitrogens with one attached hydrogen (secondary N) is 8. The van der Waals surface area contributed by atoms with Crippen molar-refractivity contribution in [3.05, 3.63) is 0 Å². The Hall–Kier alpha value is -7.93. The summed E-state index contributed by atoms with van der Waals surface area (Å²) in [6, 6.07) is -5.83. The van der Waals surface area contributed by atoms with Crippen molar-refractivity contribution in [3.8, 4) is 0 Å². The molecule has 6 heterocycles. The summed E-state index contributed by atoms with van der Waals surface area (Å²) in [4.78, 5) is 156. The van der Waals surface area contributed by atoms with Gasteiger partial charge in [0.05, 0.1) is 25.1 Å². The van der Waals surface area contributed by atoms with Gasteiger partial charge < -0.3 is 91.6 Å². The summed E-state index contributed by atoms with van der Waals surface area (Å²) in [5.41, 5.74) is 32.8. The second-order valence-electron chi connectivity index (χ2n) is 20.9. The van der Waals surface area contributed by atoms with E-state index in [1.54, 1.807) is 6.92 Å². The van der Waals surface area contributed by atoms with Crippen LogP contribution in [0.4, 0.5) is 0 Å². The molecule has 31 nitrogen and oxygen atoms in total. The lowest BCUT2D eigenvalue weighted by Crippen LogP contribution is -2.60. The number of hydrogen-bond acceptors (Lipinski definition) is 15. The molecule has 1 aliphatic carbocycles. The Bertz CT molecular complexity index is 2430. The van der Waals surface area contributed by atoms with Gasteiger partial charge in [-0.05, 0) is 109 Å². The lowest BCUT2D eigenvalue weighted by Gasteiger charge is -2.31. The van der Waals surface area contributed by atoms with Gasteiger partial charge in [0.1, 0.15) is 54.4 Å². The van der Waals surface area contributed by atoms with Gasteiger partial charge >= 0.3 is 0 Å². The highest BCUT2D eigenvalue weighted by molar-refractivity contribution is 7.80. The molecule has 81 heavy (non-hydrogen) atoms. The van der Waals surface area contributed by atoms with Crippen LogP contribution in [0.15, 0.2) is 9.98 Å². The normalized spacial score (nSPS) is 23.9. The Morgan fingerprint density at radius 2 is 0.877 bits per heavy atom. The van der Waals surface area contributed by atoms with Crippen LogP contribution < -0.4 is 76.9 Å². The first kappa shape index (κ1) is 63.9. The van der Waals surface area contributed by atoms with Crippen LogP contribution in [0.1, 0.15) is 116 Å². The number of carbonyl (C=O) groups is 12. The number of amides is 12. The number of carbonyl (C=O) groups excluding carboxylic acids is 12. The smallest absolute Gasteiger partial charge is 0.245 e. The highest BCUT2D eigenvalue weighted by Gasteiger charge is 2.42. The van der Waals surface area contributed by atoms with Gasteiger partial charge in [-0.1, -0.05) is 0 Å². The van der Waals surface area contributed by atoms with Gasteiger partial charge in [-0.2, -0.15) is 0 Å². The SMILES string of the molecule is CC(N)=NCCC[C@H](NC(=O)[C@@H]1CC(=O)N1)C(=O)N1CCC[C@H]1C(N)=O.NC(=O)[C@@H]1CCCN1C(=O)[C@H](CCCN=C(N)NC1CC1)NC(=O)[C@@H]1CC(=O)N1.NC(=O)[C@@H]1CCCN1C(=O)[C@H](CCCNC(N)=S)NC(=O)[C@@H]1CC(=O)N1. The van der Waals surface area contributed by atoms with Crippen LogP contribution in [0.2, 0.25) is 0 Å². The molecule has 7 fully saturated rings. The highest BCUT2D eigenvalue weighted by Crippen LogP contribution is 2.23. The number of likely N-dealkylation sites (tertiary alicyclic amines) is 3. The quantitative estimate of drug-likeness (QED) is 0.0133. The predicted molar refractivity (Wildman–Crippen MR) is 295 cm³/mol. The summed E-state index contributed by atoms with van der Waals surface area (Å²) < 4.78 is 0. The van der Waals surface area contributed by atoms with Crippen LogP contribution in [-0.4, -0.2) is 202 Å². The van der Waals surface area contributed by atoms with Crippen molar-refractivity contribution in [2.24, 2.45) is 44.4 Å². The fourth-order valence-corrected chi connectivity index (χ4v) is 9.87. The largest absolute Gasteiger partial charge is 0.388 e. The number of guanidine groups is 1. The number of nitrogens with zero attached hydrogens (tertiary/aromatic N) is 5. The average Bonchev–Trinajstić information content (AvgIpc) is 3.75. The standard InChI is InChI=1S/C18H29N7O4.C16H26N6O4.C15H24N6O4S/c19-15(27)13-4-2-8-25(13)17(29)11(24-16(28)12-9-14(26)23-12)3-1-7-21-18(20)22-10-5-6-10;1-9(17)19-6-2-4-10(21-15(25)11-8-13(23)20-11)16(26)22-7-3-5-12(22)14(18)24;16-12(23)10-4-2-6-21(10)14(25)8(3-1-5-18-15(17)26)20-13(24)9-7-11(22)19-9/h10-13H,1-9H2,(H2,19,27)(H,23,26)(H,24,28)(H3,20,21,22);10-12H,2-8H2,1H3,(H2,17,19)(H2,18,24)(H,20,23)(H,21,25);8-10H,1-7H2,(H2,16,23)(H,19,22)(H,20,24)(H3,17,18,26)/t11-,12-,13-;10-,11-,12-;8-,9-,10-/m000/s1.